The van der Waals surface area contributed by atoms with Crippen LogP contribution in [-0.4, -0.2) is 48.3 Å². The van der Waals surface area contributed by atoms with Crippen LogP contribution in [0, 0.1) is 5.92 Å². The van der Waals surface area contributed by atoms with Gasteiger partial charge in [0.2, 0.25) is 5.91 Å². The zero-order valence-electron chi connectivity index (χ0n) is 15.0. The predicted molar refractivity (Wildman–Crippen MR) is 95.0 cm³/mol. The first kappa shape index (κ1) is 18.7. The number of nitrogens with zero attached hydrogens (tertiary/aromatic N) is 1. The second-order valence-corrected chi connectivity index (χ2v) is 7.72. The van der Waals surface area contributed by atoms with Gasteiger partial charge in [0.25, 0.3) is 0 Å². The van der Waals surface area contributed by atoms with Crippen molar-refractivity contribution in [3.05, 3.63) is 29.8 Å². The lowest BCUT2D eigenvalue weighted by Crippen LogP contribution is -2.43. The zero-order chi connectivity index (χ0) is 17.7. The van der Waals surface area contributed by atoms with E-state index >= 15 is 0 Å². The van der Waals surface area contributed by atoms with Gasteiger partial charge in [-0.25, -0.2) is 0 Å². The third-order valence-electron chi connectivity index (χ3n) is 4.62. The molecule has 1 aliphatic heterocycles. The summed E-state index contributed by atoms with van der Waals surface area (Å²) in [6.07, 6.45) is 1.01. The maximum absolute atomic E-state index is 11.2. The molecule has 0 radical (unpaired) electrons. The Labute approximate surface area is 144 Å². The molecule has 1 amide bonds. The molecule has 1 fully saturated rings. The number of amides is 1. The number of likely N-dealkylation sites (tertiary alicyclic amines) is 1. The summed E-state index contributed by atoms with van der Waals surface area (Å²) in [7, 11) is 0. The van der Waals surface area contributed by atoms with Crippen molar-refractivity contribution < 1.29 is 14.6 Å². The number of primary amides is 1. The van der Waals surface area contributed by atoms with E-state index in [0.29, 0.717) is 6.54 Å². The number of benzene rings is 1. The number of rotatable bonds is 6. The number of nitrogens with two attached hydrogens (primary N) is 1. The number of aliphatic hydroxyl groups is 1. The van der Waals surface area contributed by atoms with Gasteiger partial charge in [-0.2, -0.15) is 0 Å². The van der Waals surface area contributed by atoms with E-state index in [2.05, 4.69) is 37.8 Å². The number of aliphatic hydroxyl groups excluding tert-OH is 1. The molecule has 1 aromatic rings. The fourth-order valence-corrected chi connectivity index (χ4v) is 2.99. The third-order valence-corrected chi connectivity index (χ3v) is 4.62. The Hall–Kier alpha value is -1.59. The second kappa shape index (κ2) is 7.99. The molecule has 1 aliphatic rings. The van der Waals surface area contributed by atoms with Gasteiger partial charge in [0.15, 0.2) is 0 Å². The van der Waals surface area contributed by atoms with Gasteiger partial charge in [-0.1, -0.05) is 32.9 Å². The fourth-order valence-electron chi connectivity index (χ4n) is 2.99. The Morgan fingerprint density at radius 2 is 1.88 bits per heavy atom. The van der Waals surface area contributed by atoms with Crippen molar-refractivity contribution in [2.24, 2.45) is 11.7 Å². The molecule has 24 heavy (non-hydrogen) atoms. The molecule has 0 bridgehead atoms. The van der Waals surface area contributed by atoms with E-state index in [-0.39, 0.29) is 23.8 Å². The van der Waals surface area contributed by atoms with Crippen LogP contribution < -0.4 is 10.5 Å². The Kier molecular flexibility index (Phi) is 6.24. The third kappa shape index (κ3) is 5.49. The SMILES string of the molecule is CC(C)(C)c1ccc(OCC(O)CN2CCC(C(N)=O)CC2)cc1. The molecule has 1 atom stereocenters. The largest absolute Gasteiger partial charge is 0.491 e. The van der Waals surface area contributed by atoms with Gasteiger partial charge in [-0.15, -0.1) is 0 Å². The number of hydrogen-bond donors (Lipinski definition) is 2. The molecule has 5 nitrogen and oxygen atoms in total. The van der Waals surface area contributed by atoms with Gasteiger partial charge in [0.05, 0.1) is 0 Å². The standard InChI is InChI=1S/C19H30N2O3/c1-19(2,3)15-4-6-17(7-5-15)24-13-16(22)12-21-10-8-14(9-11-21)18(20)23/h4-7,14,16,22H,8-13H2,1-3H3,(H2,20,23). The summed E-state index contributed by atoms with van der Waals surface area (Å²) in [5.41, 5.74) is 6.71. The van der Waals surface area contributed by atoms with E-state index in [1.165, 1.54) is 5.56 Å². The summed E-state index contributed by atoms with van der Waals surface area (Å²) >= 11 is 0. The summed E-state index contributed by atoms with van der Waals surface area (Å²) in [6.45, 7) is 8.95. The minimum absolute atomic E-state index is 0.0176. The first-order valence-electron chi connectivity index (χ1n) is 8.69. The lowest BCUT2D eigenvalue weighted by molar-refractivity contribution is -0.123. The molecule has 0 saturated carbocycles. The maximum atomic E-state index is 11.2. The molecule has 1 saturated heterocycles. The van der Waals surface area contributed by atoms with Crippen molar-refractivity contribution in [3.63, 3.8) is 0 Å². The van der Waals surface area contributed by atoms with Crippen LogP contribution in [0.3, 0.4) is 0 Å². The van der Waals surface area contributed by atoms with Crippen LogP contribution in [0.4, 0.5) is 0 Å². The van der Waals surface area contributed by atoms with Gasteiger partial charge in [-0.05, 0) is 49.0 Å². The average molecular weight is 334 g/mol. The van der Waals surface area contributed by atoms with Crippen molar-refractivity contribution in [2.75, 3.05) is 26.2 Å². The normalized spacial score (nSPS) is 18.3. The van der Waals surface area contributed by atoms with Crippen molar-refractivity contribution in [3.8, 4) is 5.75 Å². The summed E-state index contributed by atoms with van der Waals surface area (Å²) in [6, 6.07) is 8.03. The minimum atomic E-state index is -0.544. The second-order valence-electron chi connectivity index (χ2n) is 7.72. The highest BCUT2D eigenvalue weighted by Gasteiger charge is 2.24. The lowest BCUT2D eigenvalue weighted by atomic mass is 9.87. The summed E-state index contributed by atoms with van der Waals surface area (Å²) in [4.78, 5) is 13.3. The van der Waals surface area contributed by atoms with Crippen LogP contribution in [-0.2, 0) is 10.2 Å². The lowest BCUT2D eigenvalue weighted by Gasteiger charge is -2.31. The van der Waals surface area contributed by atoms with Crippen molar-refractivity contribution >= 4 is 5.91 Å². The summed E-state index contributed by atoms with van der Waals surface area (Å²) in [5, 5.41) is 10.2. The molecular formula is C19H30N2O3. The predicted octanol–water partition coefficient (Wildman–Crippen LogP) is 1.92. The van der Waals surface area contributed by atoms with Gasteiger partial charge >= 0.3 is 0 Å². The monoisotopic (exact) mass is 334 g/mol. The Balaban J connectivity index is 1.73. The van der Waals surface area contributed by atoms with Gasteiger partial charge in [0.1, 0.15) is 18.5 Å². The molecule has 0 spiro atoms. The Bertz CT molecular complexity index is 529. The summed E-state index contributed by atoms with van der Waals surface area (Å²) < 4.78 is 5.69. The molecule has 0 aromatic heterocycles. The van der Waals surface area contributed by atoms with E-state index < -0.39 is 6.10 Å². The van der Waals surface area contributed by atoms with Crippen molar-refractivity contribution in [1.29, 1.82) is 0 Å². The molecule has 2 rings (SSSR count). The number of carbonyl (C=O) groups excluding carboxylic acids is 1. The highest BCUT2D eigenvalue weighted by atomic mass is 16.5. The van der Waals surface area contributed by atoms with E-state index in [4.69, 9.17) is 10.5 Å². The molecular weight excluding hydrogens is 304 g/mol. The van der Waals surface area contributed by atoms with Crippen LogP contribution >= 0.6 is 0 Å². The smallest absolute Gasteiger partial charge is 0.220 e. The van der Waals surface area contributed by atoms with Crippen LogP contribution in [0.1, 0.15) is 39.2 Å². The quantitative estimate of drug-likeness (QED) is 0.833. The molecule has 134 valence electrons. The molecule has 5 heteroatoms. The molecule has 1 aromatic carbocycles. The molecule has 1 heterocycles. The molecule has 1 unspecified atom stereocenters. The number of carbonyl (C=O) groups is 1. The van der Waals surface area contributed by atoms with Crippen LogP contribution in [0.2, 0.25) is 0 Å². The Morgan fingerprint density at radius 1 is 1.29 bits per heavy atom. The topological polar surface area (TPSA) is 75.8 Å². The number of β-amino-alcohol motifs (C(OH)–C–C–N with tert-alkyl or cyclic N) is 1. The van der Waals surface area contributed by atoms with E-state index in [9.17, 15) is 9.90 Å². The summed E-state index contributed by atoms with van der Waals surface area (Å²) in [5.74, 6) is 0.544. The first-order valence-corrected chi connectivity index (χ1v) is 8.69. The fraction of sp³-hybridized carbons (Fsp3) is 0.632. The minimum Gasteiger partial charge on any atom is -0.491 e. The van der Waals surface area contributed by atoms with Gasteiger partial charge in [-0.3, -0.25) is 4.79 Å². The average Bonchev–Trinajstić information content (AvgIpc) is 2.53. The Morgan fingerprint density at radius 3 is 2.38 bits per heavy atom. The van der Waals surface area contributed by atoms with Crippen LogP contribution in [0.15, 0.2) is 24.3 Å². The molecule has 3 N–H and O–H groups in total. The first-order chi connectivity index (χ1) is 11.3. The van der Waals surface area contributed by atoms with Crippen molar-refractivity contribution in [2.45, 2.75) is 45.1 Å². The van der Waals surface area contributed by atoms with Crippen LogP contribution in [0.5, 0.6) is 5.75 Å². The molecule has 0 aliphatic carbocycles. The number of piperidine rings is 1. The van der Waals surface area contributed by atoms with E-state index in [0.717, 1.165) is 31.7 Å². The van der Waals surface area contributed by atoms with Crippen molar-refractivity contribution in [1.82, 2.24) is 4.90 Å². The highest BCUT2D eigenvalue weighted by Crippen LogP contribution is 2.24. The highest BCUT2D eigenvalue weighted by molar-refractivity contribution is 5.76. The number of hydrogen-bond acceptors (Lipinski definition) is 4. The van der Waals surface area contributed by atoms with E-state index in [1.54, 1.807) is 0 Å². The number of ether oxygens (including phenoxy) is 1. The maximum Gasteiger partial charge on any atom is 0.220 e. The zero-order valence-corrected chi connectivity index (χ0v) is 15.0. The van der Waals surface area contributed by atoms with E-state index in [1.807, 2.05) is 12.1 Å². The van der Waals surface area contributed by atoms with Gasteiger partial charge < -0.3 is 20.5 Å². The van der Waals surface area contributed by atoms with Gasteiger partial charge in [0, 0.05) is 12.5 Å². The van der Waals surface area contributed by atoms with Crippen LogP contribution in [0.25, 0.3) is 0 Å².